The first-order chi connectivity index (χ1) is 16.6. The molecule has 1 aromatic heterocycles. The second-order valence-electron chi connectivity index (χ2n) is 9.08. The lowest BCUT2D eigenvalue weighted by Crippen LogP contribution is -2.59. The predicted molar refractivity (Wildman–Crippen MR) is 141 cm³/mol. The molecule has 0 radical (unpaired) electrons. The Kier molecular flexibility index (Phi) is 10.3. The molecule has 0 spiro atoms. The number of aryl methyl sites for hydroxylation is 1. The second kappa shape index (κ2) is 12.7. The zero-order valence-corrected chi connectivity index (χ0v) is 22.6. The standard InChI is InChI=1S/C26H38N4O4S/c1-8-17(2)23(19(4)20(5)27-6)28-21(31)14-30(12-10-9-11-13-30)15-22(32)29-24-18(3)16-35-25(24)26(33)34-7/h8,16,27H,5,9-15H2,1-4,6-7H3,(H-,28,29,31,32,33)/p+1/b17-8-,23-19-. The number of hydrogen-bond acceptors (Lipinski definition) is 6. The van der Waals surface area contributed by atoms with Crippen LogP contribution in [0.4, 0.5) is 5.69 Å². The topological polar surface area (TPSA) is 96.5 Å². The molecule has 0 aromatic carbocycles. The van der Waals surface area contributed by atoms with E-state index in [9.17, 15) is 14.4 Å². The molecule has 0 bridgehead atoms. The van der Waals surface area contributed by atoms with Crippen molar-refractivity contribution in [1.29, 1.82) is 0 Å². The highest BCUT2D eigenvalue weighted by molar-refractivity contribution is 7.12. The van der Waals surface area contributed by atoms with E-state index in [-0.39, 0.29) is 24.9 Å². The highest BCUT2D eigenvalue weighted by Crippen LogP contribution is 2.29. The molecule has 1 aromatic rings. The molecule has 1 aliphatic heterocycles. The Hall–Kier alpha value is -2.91. The van der Waals surface area contributed by atoms with Gasteiger partial charge in [0.15, 0.2) is 13.1 Å². The van der Waals surface area contributed by atoms with Gasteiger partial charge in [-0.3, -0.25) is 9.59 Å². The lowest BCUT2D eigenvalue weighted by molar-refractivity contribution is -0.917. The number of likely N-dealkylation sites (tertiary alicyclic amines) is 1. The van der Waals surface area contributed by atoms with Crippen LogP contribution in [0.3, 0.4) is 0 Å². The van der Waals surface area contributed by atoms with Crippen LogP contribution in [0.2, 0.25) is 0 Å². The summed E-state index contributed by atoms with van der Waals surface area (Å²) in [6, 6.07) is 0. The number of likely N-dealkylation sites (N-methyl/N-ethyl adjacent to an activating group) is 1. The van der Waals surface area contributed by atoms with Gasteiger partial charge in [-0.15, -0.1) is 11.3 Å². The maximum absolute atomic E-state index is 13.3. The highest BCUT2D eigenvalue weighted by Gasteiger charge is 2.36. The molecule has 35 heavy (non-hydrogen) atoms. The first-order valence-corrected chi connectivity index (χ1v) is 12.8. The first kappa shape index (κ1) is 28.3. The molecule has 2 rings (SSSR count). The number of methoxy groups -OCH3 is 1. The molecule has 1 saturated heterocycles. The number of allylic oxidation sites excluding steroid dienone is 3. The fourth-order valence-corrected chi connectivity index (χ4v) is 5.26. The van der Waals surface area contributed by atoms with Gasteiger partial charge in [-0.1, -0.05) is 12.7 Å². The molecule has 1 aliphatic rings. The summed E-state index contributed by atoms with van der Waals surface area (Å²) in [5, 5.41) is 10.8. The van der Waals surface area contributed by atoms with Gasteiger partial charge in [0.1, 0.15) is 4.88 Å². The SMILES string of the molecule is C=C(NC)/C(C)=C(NC(=O)C[N+]1(CC(=O)Nc2c(C)csc2C(=O)OC)CCCCC1)/C(C)=C\C. The number of thiophene rings is 1. The van der Waals surface area contributed by atoms with Gasteiger partial charge in [-0.05, 0) is 69.0 Å². The lowest BCUT2D eigenvalue weighted by Gasteiger charge is -2.40. The maximum atomic E-state index is 13.3. The molecule has 8 nitrogen and oxygen atoms in total. The van der Waals surface area contributed by atoms with Crippen molar-refractivity contribution in [2.24, 2.45) is 0 Å². The number of esters is 1. The monoisotopic (exact) mass is 503 g/mol. The molecule has 1 fully saturated rings. The number of carbonyl (C=O) groups excluding carboxylic acids is 3. The van der Waals surface area contributed by atoms with Gasteiger partial charge in [0, 0.05) is 18.4 Å². The third-order valence-corrected chi connectivity index (χ3v) is 7.63. The van der Waals surface area contributed by atoms with Crippen LogP contribution in [0.5, 0.6) is 0 Å². The summed E-state index contributed by atoms with van der Waals surface area (Å²) < 4.78 is 5.23. The highest BCUT2D eigenvalue weighted by atomic mass is 32.1. The van der Waals surface area contributed by atoms with E-state index in [1.165, 1.54) is 18.4 Å². The molecule has 0 unspecified atom stereocenters. The van der Waals surface area contributed by atoms with E-state index >= 15 is 0 Å². The fraction of sp³-hybridized carbons (Fsp3) is 0.500. The van der Waals surface area contributed by atoms with Crippen molar-refractivity contribution in [3.05, 3.63) is 51.0 Å². The van der Waals surface area contributed by atoms with Crippen LogP contribution in [-0.2, 0) is 14.3 Å². The van der Waals surface area contributed by atoms with Crippen LogP contribution in [-0.4, -0.2) is 62.6 Å². The second-order valence-corrected chi connectivity index (χ2v) is 9.96. The van der Waals surface area contributed by atoms with Crippen molar-refractivity contribution >= 4 is 34.8 Å². The van der Waals surface area contributed by atoms with E-state index in [1.807, 2.05) is 39.2 Å². The molecule has 0 saturated carbocycles. The number of hydrogen-bond donors (Lipinski definition) is 3. The van der Waals surface area contributed by atoms with Crippen molar-refractivity contribution in [1.82, 2.24) is 10.6 Å². The third kappa shape index (κ3) is 7.29. The number of nitrogens with one attached hydrogen (secondary N) is 3. The van der Waals surface area contributed by atoms with Crippen LogP contribution in [0.1, 0.15) is 55.3 Å². The van der Waals surface area contributed by atoms with Crippen LogP contribution < -0.4 is 16.0 Å². The Labute approximate surface area is 212 Å². The predicted octanol–water partition coefficient (Wildman–Crippen LogP) is 3.87. The van der Waals surface area contributed by atoms with Gasteiger partial charge in [0.25, 0.3) is 11.8 Å². The van der Waals surface area contributed by atoms with Gasteiger partial charge in [0.2, 0.25) is 0 Å². The number of amides is 2. The molecular weight excluding hydrogens is 464 g/mol. The van der Waals surface area contributed by atoms with Gasteiger partial charge in [0.05, 0.1) is 25.9 Å². The van der Waals surface area contributed by atoms with E-state index in [4.69, 9.17) is 4.74 Å². The maximum Gasteiger partial charge on any atom is 0.350 e. The fourth-order valence-electron chi connectivity index (χ4n) is 4.34. The smallest absolute Gasteiger partial charge is 0.350 e. The van der Waals surface area contributed by atoms with Crippen LogP contribution in [0, 0.1) is 6.92 Å². The van der Waals surface area contributed by atoms with Gasteiger partial charge in [-0.2, -0.15) is 0 Å². The lowest BCUT2D eigenvalue weighted by atomic mass is 10.1. The summed E-state index contributed by atoms with van der Waals surface area (Å²) in [7, 11) is 3.12. The Balaban J connectivity index is 2.23. The van der Waals surface area contributed by atoms with Gasteiger partial charge < -0.3 is 25.2 Å². The Morgan fingerprint density at radius 1 is 1.14 bits per heavy atom. The van der Waals surface area contributed by atoms with Crippen molar-refractivity contribution in [3.63, 3.8) is 0 Å². The molecule has 0 atom stereocenters. The zero-order valence-electron chi connectivity index (χ0n) is 21.8. The Morgan fingerprint density at radius 2 is 1.77 bits per heavy atom. The molecule has 192 valence electrons. The molecule has 2 heterocycles. The molecule has 2 amide bonds. The molecular formula is C26H39N4O4S+. The molecule has 3 N–H and O–H groups in total. The van der Waals surface area contributed by atoms with Crippen molar-refractivity contribution in [2.75, 3.05) is 45.7 Å². The van der Waals surface area contributed by atoms with Crippen LogP contribution in [0.15, 0.2) is 40.6 Å². The summed E-state index contributed by atoms with van der Waals surface area (Å²) in [6.07, 6.45) is 4.95. The van der Waals surface area contributed by atoms with E-state index < -0.39 is 5.97 Å². The Morgan fingerprint density at radius 3 is 2.34 bits per heavy atom. The number of ether oxygens (including phenoxy) is 1. The first-order valence-electron chi connectivity index (χ1n) is 11.9. The normalized spacial score (nSPS) is 16.1. The largest absolute Gasteiger partial charge is 0.465 e. The van der Waals surface area contributed by atoms with Crippen molar-refractivity contribution in [2.45, 2.75) is 47.0 Å². The van der Waals surface area contributed by atoms with Crippen molar-refractivity contribution in [3.8, 4) is 0 Å². The number of quaternary nitrogens is 1. The minimum atomic E-state index is -0.475. The minimum absolute atomic E-state index is 0.138. The summed E-state index contributed by atoms with van der Waals surface area (Å²) in [5.74, 6) is -0.829. The average Bonchev–Trinajstić information content (AvgIpc) is 3.20. The summed E-state index contributed by atoms with van der Waals surface area (Å²) in [6.45, 7) is 13.5. The average molecular weight is 504 g/mol. The van der Waals surface area contributed by atoms with Crippen molar-refractivity contribution < 1.29 is 23.6 Å². The number of anilines is 1. The zero-order chi connectivity index (χ0) is 26.2. The van der Waals surface area contributed by atoms with E-state index in [0.29, 0.717) is 15.0 Å². The summed E-state index contributed by atoms with van der Waals surface area (Å²) in [4.78, 5) is 38.9. The molecule has 0 aliphatic carbocycles. The van der Waals surface area contributed by atoms with Gasteiger partial charge in [-0.25, -0.2) is 4.79 Å². The minimum Gasteiger partial charge on any atom is -0.465 e. The third-order valence-electron chi connectivity index (χ3n) is 6.55. The number of rotatable bonds is 10. The van der Waals surface area contributed by atoms with Gasteiger partial charge >= 0.3 is 5.97 Å². The van der Waals surface area contributed by atoms with Crippen LogP contribution >= 0.6 is 11.3 Å². The van der Waals surface area contributed by atoms with E-state index in [0.717, 1.165) is 60.5 Å². The molecule has 9 heteroatoms. The quantitative estimate of drug-likeness (QED) is 0.256. The number of carbonyl (C=O) groups is 3. The summed E-state index contributed by atoms with van der Waals surface area (Å²) >= 11 is 1.24. The van der Waals surface area contributed by atoms with Crippen LogP contribution in [0.25, 0.3) is 0 Å². The Bertz CT molecular complexity index is 1030. The number of nitrogens with zero attached hydrogens (tertiary/aromatic N) is 1. The van der Waals surface area contributed by atoms with E-state index in [2.05, 4.69) is 22.5 Å². The number of piperidine rings is 1. The van der Waals surface area contributed by atoms with E-state index in [1.54, 1.807) is 7.05 Å². The summed E-state index contributed by atoms with van der Waals surface area (Å²) in [5.41, 5.74) is 4.56.